The number of amides is 2. The first-order valence-corrected chi connectivity index (χ1v) is 9.20. The number of anilines is 1. The molecule has 4 nitrogen and oxygen atoms in total. The number of ketones is 1. The molecule has 2 aromatic rings. The molecule has 0 N–H and O–H groups in total. The molecule has 26 heavy (non-hydrogen) atoms. The largest absolute Gasteiger partial charge is 0.299 e. The van der Waals surface area contributed by atoms with Gasteiger partial charge in [-0.15, -0.1) is 0 Å². The first-order chi connectivity index (χ1) is 12.6. The second kappa shape index (κ2) is 5.37. The van der Waals surface area contributed by atoms with Crippen LogP contribution < -0.4 is 4.90 Å². The summed E-state index contributed by atoms with van der Waals surface area (Å²) >= 11 is 0. The number of Topliss-reactive ketones (excluding diaryl/α,β-unsaturated/α-hetero) is 1. The molecule has 1 saturated carbocycles. The third kappa shape index (κ3) is 1.82. The van der Waals surface area contributed by atoms with E-state index in [9.17, 15) is 14.4 Å². The number of carbonyl (C=O) groups excluding carboxylic acids is 3. The van der Waals surface area contributed by atoms with Crippen LogP contribution in [0.4, 0.5) is 5.69 Å². The lowest BCUT2D eigenvalue weighted by Gasteiger charge is -2.43. The van der Waals surface area contributed by atoms with Crippen LogP contribution in [0.25, 0.3) is 0 Å². The van der Waals surface area contributed by atoms with E-state index in [0.29, 0.717) is 12.1 Å². The number of para-hydroxylation sites is 1. The van der Waals surface area contributed by atoms with Crippen molar-refractivity contribution in [1.29, 1.82) is 0 Å². The van der Waals surface area contributed by atoms with Crippen molar-refractivity contribution in [2.45, 2.75) is 31.6 Å². The average molecular weight is 345 g/mol. The van der Waals surface area contributed by atoms with E-state index < -0.39 is 17.8 Å². The highest BCUT2D eigenvalue weighted by molar-refractivity contribution is 6.25. The lowest BCUT2D eigenvalue weighted by molar-refractivity contribution is -0.134. The van der Waals surface area contributed by atoms with Gasteiger partial charge in [-0.25, -0.2) is 4.90 Å². The third-order valence-corrected chi connectivity index (χ3v) is 6.30. The fourth-order valence-corrected chi connectivity index (χ4v) is 5.22. The number of carbonyl (C=O) groups is 3. The van der Waals surface area contributed by atoms with Crippen LogP contribution in [0, 0.1) is 11.8 Å². The Kier molecular flexibility index (Phi) is 3.20. The van der Waals surface area contributed by atoms with Crippen molar-refractivity contribution in [3.63, 3.8) is 0 Å². The standard InChI is InChI=1S/C22H19NO3/c1-2-12-7-3-6-10-16(12)23-21(25)19-15-11-17(24)18(20(19)22(23)26)14-9-5-4-8-13(14)15/h3-10,15,18-20H,2,11H2,1H3/t15-,18+,19+,20-/m0/s1. The Morgan fingerprint density at radius 2 is 1.54 bits per heavy atom. The van der Waals surface area contributed by atoms with Crippen LogP contribution in [-0.4, -0.2) is 17.6 Å². The minimum atomic E-state index is -0.548. The highest BCUT2D eigenvalue weighted by atomic mass is 16.2. The molecule has 2 aromatic carbocycles. The third-order valence-electron chi connectivity index (χ3n) is 6.30. The van der Waals surface area contributed by atoms with Crippen LogP contribution >= 0.6 is 0 Å². The molecule has 4 atom stereocenters. The van der Waals surface area contributed by atoms with Crippen LogP contribution in [0.2, 0.25) is 0 Å². The molecule has 6 rings (SSSR count). The molecule has 1 aliphatic heterocycles. The number of aryl methyl sites for hydroxylation is 1. The van der Waals surface area contributed by atoms with E-state index >= 15 is 0 Å². The van der Waals surface area contributed by atoms with Crippen LogP contribution in [-0.2, 0) is 20.8 Å². The Labute approximate surface area is 151 Å². The average Bonchev–Trinajstić information content (AvgIpc) is 2.93. The van der Waals surface area contributed by atoms with Gasteiger partial charge in [-0.2, -0.15) is 0 Å². The van der Waals surface area contributed by atoms with Gasteiger partial charge in [-0.1, -0.05) is 49.4 Å². The summed E-state index contributed by atoms with van der Waals surface area (Å²) in [7, 11) is 0. The molecular weight excluding hydrogens is 326 g/mol. The molecule has 0 radical (unpaired) electrons. The van der Waals surface area contributed by atoms with E-state index in [4.69, 9.17) is 0 Å². The normalized spacial score (nSPS) is 29.1. The van der Waals surface area contributed by atoms with Crippen LogP contribution in [0.5, 0.6) is 0 Å². The number of benzene rings is 2. The van der Waals surface area contributed by atoms with Gasteiger partial charge in [0.1, 0.15) is 5.78 Å². The number of hydrogen-bond donors (Lipinski definition) is 0. The molecule has 3 aliphatic carbocycles. The molecule has 0 aromatic heterocycles. The summed E-state index contributed by atoms with van der Waals surface area (Å²) in [5.41, 5.74) is 3.67. The Bertz CT molecular complexity index is 963. The van der Waals surface area contributed by atoms with E-state index in [-0.39, 0.29) is 23.5 Å². The Morgan fingerprint density at radius 1 is 0.885 bits per heavy atom. The van der Waals surface area contributed by atoms with Crippen LogP contribution in [0.15, 0.2) is 48.5 Å². The quantitative estimate of drug-likeness (QED) is 0.786. The van der Waals surface area contributed by atoms with Gasteiger partial charge in [0.05, 0.1) is 23.4 Å². The lowest BCUT2D eigenvalue weighted by Crippen LogP contribution is -2.44. The minimum Gasteiger partial charge on any atom is -0.299 e. The number of nitrogens with zero attached hydrogens (tertiary/aromatic N) is 1. The molecule has 2 bridgehead atoms. The fourth-order valence-electron chi connectivity index (χ4n) is 5.22. The smallest absolute Gasteiger partial charge is 0.238 e. The van der Waals surface area contributed by atoms with Crippen molar-refractivity contribution in [2.75, 3.05) is 4.90 Å². The number of fused-ring (bicyclic) bond motifs is 1. The van der Waals surface area contributed by atoms with Gasteiger partial charge in [0, 0.05) is 12.3 Å². The van der Waals surface area contributed by atoms with Crippen molar-refractivity contribution in [3.05, 3.63) is 65.2 Å². The van der Waals surface area contributed by atoms with E-state index in [2.05, 4.69) is 0 Å². The Morgan fingerprint density at radius 3 is 2.31 bits per heavy atom. The van der Waals surface area contributed by atoms with Crippen molar-refractivity contribution < 1.29 is 14.4 Å². The molecule has 0 spiro atoms. The zero-order valence-corrected chi connectivity index (χ0v) is 14.5. The molecule has 4 aliphatic rings. The Hall–Kier alpha value is -2.75. The monoisotopic (exact) mass is 345 g/mol. The summed E-state index contributed by atoms with van der Waals surface area (Å²) < 4.78 is 0. The molecule has 1 heterocycles. The highest BCUT2D eigenvalue weighted by Gasteiger charge is 2.62. The molecular formula is C22H19NO3. The van der Waals surface area contributed by atoms with Crippen molar-refractivity contribution in [2.24, 2.45) is 11.8 Å². The van der Waals surface area contributed by atoms with Crippen molar-refractivity contribution >= 4 is 23.3 Å². The molecule has 130 valence electrons. The van der Waals surface area contributed by atoms with Gasteiger partial charge in [0.25, 0.3) is 0 Å². The SMILES string of the molecule is CCc1ccccc1N1C(=O)[C@@H]2[C@H](C1=O)[C@H]1CC(=O)[C@H]2c2ccccc21. The second-order valence-corrected chi connectivity index (χ2v) is 7.43. The summed E-state index contributed by atoms with van der Waals surface area (Å²) in [5.74, 6) is -1.86. The van der Waals surface area contributed by atoms with Crippen LogP contribution in [0.1, 0.15) is 41.9 Å². The number of imide groups is 1. The van der Waals surface area contributed by atoms with Gasteiger partial charge in [-0.05, 0) is 29.2 Å². The minimum absolute atomic E-state index is 0.0988. The lowest BCUT2D eigenvalue weighted by atomic mass is 9.56. The maximum absolute atomic E-state index is 13.3. The molecule has 4 heteroatoms. The molecule has 1 saturated heterocycles. The molecule has 2 fully saturated rings. The van der Waals surface area contributed by atoms with Gasteiger partial charge >= 0.3 is 0 Å². The topological polar surface area (TPSA) is 54.5 Å². The van der Waals surface area contributed by atoms with Gasteiger partial charge in [-0.3, -0.25) is 14.4 Å². The maximum atomic E-state index is 13.3. The van der Waals surface area contributed by atoms with Gasteiger partial charge in [0.15, 0.2) is 0 Å². The first kappa shape index (κ1) is 15.5. The zero-order valence-electron chi connectivity index (χ0n) is 14.5. The molecule has 0 unspecified atom stereocenters. The predicted molar refractivity (Wildman–Crippen MR) is 96.8 cm³/mol. The summed E-state index contributed by atoms with van der Waals surface area (Å²) in [6.07, 6.45) is 1.11. The van der Waals surface area contributed by atoms with Crippen LogP contribution in [0.3, 0.4) is 0 Å². The van der Waals surface area contributed by atoms with E-state index in [1.165, 1.54) is 4.90 Å². The second-order valence-electron chi connectivity index (χ2n) is 7.43. The maximum Gasteiger partial charge on any atom is 0.238 e. The summed E-state index contributed by atoms with van der Waals surface area (Å²) in [4.78, 5) is 40.7. The number of rotatable bonds is 2. The summed E-state index contributed by atoms with van der Waals surface area (Å²) in [6.45, 7) is 2.01. The van der Waals surface area contributed by atoms with Gasteiger partial charge < -0.3 is 0 Å². The summed E-state index contributed by atoms with van der Waals surface area (Å²) in [6, 6.07) is 15.4. The van der Waals surface area contributed by atoms with E-state index in [0.717, 1.165) is 23.1 Å². The number of hydrogen-bond acceptors (Lipinski definition) is 3. The van der Waals surface area contributed by atoms with Crippen molar-refractivity contribution in [3.8, 4) is 0 Å². The van der Waals surface area contributed by atoms with E-state index in [1.54, 1.807) is 0 Å². The predicted octanol–water partition coefficient (Wildman–Crippen LogP) is 3.21. The molecule has 2 amide bonds. The Balaban J connectivity index is 1.67. The fraction of sp³-hybridized carbons (Fsp3) is 0.318. The first-order valence-electron chi connectivity index (χ1n) is 9.20. The van der Waals surface area contributed by atoms with Gasteiger partial charge in [0.2, 0.25) is 11.8 Å². The highest BCUT2D eigenvalue weighted by Crippen LogP contribution is 2.57. The van der Waals surface area contributed by atoms with E-state index in [1.807, 2.05) is 55.5 Å². The summed E-state index contributed by atoms with van der Waals surface area (Å²) in [5, 5.41) is 0. The zero-order chi connectivity index (χ0) is 18.0. The van der Waals surface area contributed by atoms with Crippen molar-refractivity contribution in [1.82, 2.24) is 0 Å².